The van der Waals surface area contributed by atoms with E-state index < -0.39 is 16.5 Å². The minimum absolute atomic E-state index is 0.0582. The molecule has 0 bridgehead atoms. The Morgan fingerprint density at radius 1 is 0.875 bits per heavy atom. The van der Waals surface area contributed by atoms with E-state index in [9.17, 15) is 13.8 Å². The van der Waals surface area contributed by atoms with Crippen molar-refractivity contribution in [3.63, 3.8) is 0 Å². The Morgan fingerprint density at radius 3 is 2.08 bits per heavy atom. The van der Waals surface area contributed by atoms with Crippen LogP contribution < -0.4 is 0 Å². The van der Waals surface area contributed by atoms with Crippen molar-refractivity contribution in [2.24, 2.45) is 5.41 Å². The molecule has 2 aromatic rings. The molecule has 0 saturated heterocycles. The Kier molecular flexibility index (Phi) is 2.80. The second-order valence-electron chi connectivity index (χ2n) is 6.74. The largest absolute Gasteiger partial charge is 0.293 e. The molecule has 2 aliphatic carbocycles. The Bertz CT molecular complexity index is 925. The Hall–Kier alpha value is -2.11. The van der Waals surface area contributed by atoms with Crippen LogP contribution >= 0.6 is 0 Å². The van der Waals surface area contributed by atoms with E-state index in [-0.39, 0.29) is 11.6 Å². The van der Waals surface area contributed by atoms with E-state index in [1.165, 1.54) is 0 Å². The lowest BCUT2D eigenvalue weighted by Crippen LogP contribution is -2.34. The molecule has 5 rings (SSSR count). The van der Waals surface area contributed by atoms with E-state index in [2.05, 4.69) is 0 Å². The molecular weight excluding hydrogens is 324 g/mol. The lowest BCUT2D eigenvalue weighted by atomic mass is 9.80. The SMILES string of the molecule is O=C1c2ccccc2C(=O)C12Cc1cc3c(cc1C2)CS(=O)OC3. The zero-order chi connectivity index (χ0) is 16.5. The lowest BCUT2D eigenvalue weighted by Gasteiger charge is -2.18. The fraction of sp³-hybridized carbons (Fsp3) is 0.263. The Balaban J connectivity index is 1.61. The standard InChI is InChI=1S/C19H14O4S/c20-17-15-3-1-2-4-16(15)18(21)19(17)7-11-5-13-9-23-24(22)10-14(13)6-12(11)8-19/h1-6H,7-10H2. The van der Waals surface area contributed by atoms with Gasteiger partial charge in [0.25, 0.3) is 0 Å². The zero-order valence-electron chi connectivity index (χ0n) is 12.8. The zero-order valence-corrected chi connectivity index (χ0v) is 13.7. The van der Waals surface area contributed by atoms with Crippen molar-refractivity contribution in [1.82, 2.24) is 0 Å². The van der Waals surface area contributed by atoms with Crippen molar-refractivity contribution in [2.45, 2.75) is 25.2 Å². The van der Waals surface area contributed by atoms with Crippen molar-refractivity contribution in [3.05, 3.63) is 69.8 Å². The highest BCUT2D eigenvalue weighted by molar-refractivity contribution is 7.79. The van der Waals surface area contributed by atoms with Gasteiger partial charge in [0.2, 0.25) is 0 Å². The maximum Gasteiger partial charge on any atom is 0.178 e. The third-order valence-corrected chi connectivity index (χ3v) is 6.34. The highest BCUT2D eigenvalue weighted by atomic mass is 32.2. The highest BCUT2D eigenvalue weighted by Crippen LogP contribution is 2.47. The van der Waals surface area contributed by atoms with Crippen LogP contribution in [0, 0.1) is 5.41 Å². The van der Waals surface area contributed by atoms with Crippen molar-refractivity contribution in [2.75, 3.05) is 0 Å². The van der Waals surface area contributed by atoms with Crippen molar-refractivity contribution in [3.8, 4) is 0 Å². The molecule has 0 amide bonds. The van der Waals surface area contributed by atoms with Gasteiger partial charge in [-0.1, -0.05) is 36.4 Å². The first kappa shape index (κ1) is 14.3. The molecule has 2 aromatic carbocycles. The molecule has 0 radical (unpaired) electrons. The quantitative estimate of drug-likeness (QED) is 0.693. The molecule has 24 heavy (non-hydrogen) atoms. The number of carbonyl (C=O) groups excluding carboxylic acids is 2. The average molecular weight is 338 g/mol. The van der Waals surface area contributed by atoms with Crippen LogP contribution in [0.3, 0.4) is 0 Å². The summed E-state index contributed by atoms with van der Waals surface area (Å²) in [4.78, 5) is 26.0. The first-order chi connectivity index (χ1) is 11.6. The number of Topliss-reactive ketones (excluding diaryl/α,β-unsaturated/α-hetero) is 2. The van der Waals surface area contributed by atoms with Gasteiger partial charge in [-0.15, -0.1) is 0 Å². The smallest absolute Gasteiger partial charge is 0.178 e. The van der Waals surface area contributed by atoms with Gasteiger partial charge >= 0.3 is 0 Å². The fourth-order valence-corrected chi connectivity index (χ4v) is 5.08. The minimum Gasteiger partial charge on any atom is -0.293 e. The number of carbonyl (C=O) groups is 2. The summed E-state index contributed by atoms with van der Waals surface area (Å²) in [5.74, 6) is 0.256. The third kappa shape index (κ3) is 1.74. The summed E-state index contributed by atoms with van der Waals surface area (Å²) in [6, 6.07) is 11.1. The number of hydrogen-bond donors (Lipinski definition) is 0. The molecule has 3 aliphatic rings. The maximum atomic E-state index is 13.0. The lowest BCUT2D eigenvalue weighted by molar-refractivity contribution is 0.0710. The van der Waals surface area contributed by atoms with Gasteiger partial charge in [0.15, 0.2) is 22.6 Å². The summed E-state index contributed by atoms with van der Waals surface area (Å²) in [6.45, 7) is 0.324. The van der Waals surface area contributed by atoms with Crippen LogP contribution in [0.2, 0.25) is 0 Å². The average Bonchev–Trinajstić information content (AvgIpc) is 3.05. The Morgan fingerprint density at radius 2 is 1.46 bits per heavy atom. The van der Waals surface area contributed by atoms with Gasteiger partial charge in [-0.05, 0) is 35.1 Å². The highest BCUT2D eigenvalue weighted by Gasteiger charge is 2.55. The van der Waals surface area contributed by atoms with Gasteiger partial charge in [-0.25, -0.2) is 4.21 Å². The molecule has 5 heteroatoms. The second-order valence-corrected chi connectivity index (χ2v) is 7.87. The van der Waals surface area contributed by atoms with E-state index in [0.717, 1.165) is 22.3 Å². The normalized spacial score (nSPS) is 23.2. The number of hydrogen-bond acceptors (Lipinski definition) is 4. The number of rotatable bonds is 0. The molecule has 1 spiro atoms. The first-order valence-corrected chi connectivity index (χ1v) is 9.17. The minimum atomic E-state index is -1.29. The van der Waals surface area contributed by atoms with Crippen molar-refractivity contribution >= 4 is 22.6 Å². The topological polar surface area (TPSA) is 60.4 Å². The van der Waals surface area contributed by atoms with Crippen LogP contribution in [0.4, 0.5) is 0 Å². The predicted molar refractivity (Wildman–Crippen MR) is 88.0 cm³/mol. The molecule has 4 nitrogen and oxygen atoms in total. The van der Waals surface area contributed by atoms with Crippen LogP contribution in [0.5, 0.6) is 0 Å². The molecule has 0 aromatic heterocycles. The molecule has 120 valence electrons. The fourth-order valence-electron chi connectivity index (χ4n) is 4.22. The summed E-state index contributed by atoms with van der Waals surface area (Å²) < 4.78 is 16.8. The molecule has 0 saturated carbocycles. The summed E-state index contributed by atoms with van der Waals surface area (Å²) in [7, 11) is 0. The number of benzene rings is 2. The van der Waals surface area contributed by atoms with Crippen molar-refractivity contribution < 1.29 is 18.0 Å². The Labute approximate surface area is 141 Å². The molecule has 1 heterocycles. The molecule has 0 fully saturated rings. The summed E-state index contributed by atoms with van der Waals surface area (Å²) in [5, 5.41) is 0. The van der Waals surface area contributed by atoms with E-state index in [1.54, 1.807) is 24.3 Å². The first-order valence-electron chi connectivity index (χ1n) is 7.92. The summed E-state index contributed by atoms with van der Waals surface area (Å²) >= 11 is -1.29. The number of fused-ring (bicyclic) bond motifs is 3. The monoisotopic (exact) mass is 338 g/mol. The summed E-state index contributed by atoms with van der Waals surface area (Å²) in [5.41, 5.74) is 4.21. The second kappa shape index (κ2) is 4.71. The molecular formula is C19H14O4S. The maximum absolute atomic E-state index is 13.0. The predicted octanol–water partition coefficient (Wildman–Crippen LogP) is 2.54. The third-order valence-electron chi connectivity index (χ3n) is 5.41. The summed E-state index contributed by atoms with van der Waals surface area (Å²) in [6.07, 6.45) is 0.889. The van der Waals surface area contributed by atoms with Gasteiger partial charge in [0.1, 0.15) is 5.41 Å². The van der Waals surface area contributed by atoms with E-state index >= 15 is 0 Å². The van der Waals surface area contributed by atoms with Crippen LogP contribution in [0.25, 0.3) is 0 Å². The van der Waals surface area contributed by atoms with Crippen molar-refractivity contribution in [1.29, 1.82) is 0 Å². The van der Waals surface area contributed by atoms with Crippen LogP contribution in [-0.2, 0) is 40.5 Å². The van der Waals surface area contributed by atoms with E-state index in [4.69, 9.17) is 4.18 Å². The molecule has 0 N–H and O–H groups in total. The molecule has 1 unspecified atom stereocenters. The van der Waals surface area contributed by atoms with Gasteiger partial charge in [0, 0.05) is 11.1 Å². The van der Waals surface area contributed by atoms with Gasteiger partial charge in [-0.3, -0.25) is 13.8 Å². The molecule has 1 atom stereocenters. The molecule has 1 aliphatic heterocycles. The van der Waals surface area contributed by atoms with Gasteiger partial charge < -0.3 is 0 Å². The van der Waals surface area contributed by atoms with Gasteiger partial charge in [0.05, 0.1) is 12.4 Å². The van der Waals surface area contributed by atoms with Crippen LogP contribution in [0.1, 0.15) is 43.0 Å². The van der Waals surface area contributed by atoms with E-state index in [1.807, 2.05) is 12.1 Å². The number of ketones is 2. The van der Waals surface area contributed by atoms with Crippen LogP contribution in [-0.4, -0.2) is 15.8 Å². The van der Waals surface area contributed by atoms with E-state index in [0.29, 0.717) is 36.3 Å². The van der Waals surface area contributed by atoms with Gasteiger partial charge in [-0.2, -0.15) is 0 Å². The van der Waals surface area contributed by atoms with Crippen LogP contribution in [0.15, 0.2) is 36.4 Å².